The van der Waals surface area contributed by atoms with Crippen molar-refractivity contribution in [3.05, 3.63) is 35.4 Å². The average molecular weight is 251 g/mol. The van der Waals surface area contributed by atoms with Gasteiger partial charge in [-0.3, -0.25) is 0 Å². The fourth-order valence-corrected chi connectivity index (χ4v) is 1.62. The van der Waals surface area contributed by atoms with E-state index in [9.17, 15) is 0 Å². The highest BCUT2D eigenvalue weighted by atomic mass is 35.5. The molecule has 2 heterocycles. The first-order valence-corrected chi connectivity index (χ1v) is 5.19. The summed E-state index contributed by atoms with van der Waals surface area (Å²) in [6.45, 7) is 0.220. The maximum atomic E-state index is 6.08. The number of nitrogens with zero attached hydrogens (tertiary/aromatic N) is 4. The molecule has 0 unspecified atom stereocenters. The lowest BCUT2D eigenvalue weighted by Gasteiger charge is -2.00. The van der Waals surface area contributed by atoms with Gasteiger partial charge in [-0.1, -0.05) is 11.6 Å². The maximum Gasteiger partial charge on any atom is 0.231 e. The molecule has 86 valence electrons. The van der Waals surface area contributed by atoms with E-state index in [1.165, 1.54) is 17.3 Å². The summed E-state index contributed by atoms with van der Waals surface area (Å²) in [6, 6.07) is 3.48. The van der Waals surface area contributed by atoms with Gasteiger partial charge in [0, 0.05) is 11.6 Å². The van der Waals surface area contributed by atoms with E-state index in [4.69, 9.17) is 21.1 Å². The summed E-state index contributed by atoms with van der Waals surface area (Å²) < 4.78 is 11.9. The van der Waals surface area contributed by atoms with Crippen LogP contribution in [-0.2, 0) is 0 Å². The molecular weight excluding hydrogens is 244 g/mol. The minimum Gasteiger partial charge on any atom is -0.454 e. The van der Waals surface area contributed by atoms with Crippen LogP contribution in [-0.4, -0.2) is 27.9 Å². The van der Waals surface area contributed by atoms with E-state index >= 15 is 0 Å². The Kier molecular flexibility index (Phi) is 2.41. The normalized spacial score (nSPS) is 13.5. The van der Waals surface area contributed by atoms with Crippen LogP contribution in [0.4, 0.5) is 0 Å². The van der Waals surface area contributed by atoms with Crippen LogP contribution < -0.4 is 9.47 Å². The molecule has 0 spiro atoms. The van der Waals surface area contributed by atoms with Gasteiger partial charge < -0.3 is 9.47 Å². The molecule has 6 nitrogen and oxygen atoms in total. The van der Waals surface area contributed by atoms with Crippen molar-refractivity contribution in [2.75, 3.05) is 6.79 Å². The van der Waals surface area contributed by atoms with Gasteiger partial charge in [0.1, 0.15) is 12.7 Å². The first-order chi connectivity index (χ1) is 8.33. The van der Waals surface area contributed by atoms with Gasteiger partial charge in [-0.15, -0.1) is 10.2 Å². The zero-order valence-corrected chi connectivity index (χ0v) is 9.33. The van der Waals surface area contributed by atoms with Crippen molar-refractivity contribution < 1.29 is 9.47 Å². The predicted molar refractivity (Wildman–Crippen MR) is 60.6 cm³/mol. The van der Waals surface area contributed by atoms with Crippen molar-refractivity contribution in [3.63, 3.8) is 0 Å². The summed E-state index contributed by atoms with van der Waals surface area (Å²) in [5.41, 5.74) is 0.740. The first-order valence-electron chi connectivity index (χ1n) is 4.81. The summed E-state index contributed by atoms with van der Waals surface area (Å²) in [5, 5.41) is 11.9. The molecule has 0 saturated carbocycles. The Balaban J connectivity index is 1.93. The number of fused-ring (bicyclic) bond motifs is 1. The second-order valence-electron chi connectivity index (χ2n) is 3.31. The summed E-state index contributed by atoms with van der Waals surface area (Å²) in [4.78, 5) is 0. The fraction of sp³-hybridized carbons (Fsp3) is 0.100. The van der Waals surface area contributed by atoms with Gasteiger partial charge in [-0.25, -0.2) is 4.68 Å². The van der Waals surface area contributed by atoms with Gasteiger partial charge in [0.05, 0.1) is 11.2 Å². The molecule has 0 N–H and O–H groups in total. The highest BCUT2D eigenvalue weighted by molar-refractivity contribution is 6.33. The van der Waals surface area contributed by atoms with E-state index in [-0.39, 0.29) is 6.79 Å². The van der Waals surface area contributed by atoms with Crippen molar-refractivity contribution in [3.8, 4) is 11.5 Å². The zero-order valence-electron chi connectivity index (χ0n) is 8.58. The minimum atomic E-state index is 0.220. The molecule has 0 saturated heterocycles. The molecule has 0 amide bonds. The van der Waals surface area contributed by atoms with Gasteiger partial charge in [0.25, 0.3) is 0 Å². The van der Waals surface area contributed by atoms with Crippen molar-refractivity contribution in [1.29, 1.82) is 0 Å². The smallest absolute Gasteiger partial charge is 0.231 e. The van der Waals surface area contributed by atoms with Crippen LogP contribution in [0.3, 0.4) is 0 Å². The summed E-state index contributed by atoms with van der Waals surface area (Å²) in [7, 11) is 0. The third-order valence-corrected chi connectivity index (χ3v) is 2.56. The highest BCUT2D eigenvalue weighted by Crippen LogP contribution is 2.36. The van der Waals surface area contributed by atoms with Crippen molar-refractivity contribution in [1.82, 2.24) is 14.9 Å². The number of rotatable bonds is 2. The molecule has 2 aromatic rings. The molecule has 17 heavy (non-hydrogen) atoms. The Morgan fingerprint density at radius 1 is 1.24 bits per heavy atom. The van der Waals surface area contributed by atoms with Crippen LogP contribution in [0.1, 0.15) is 5.56 Å². The van der Waals surface area contributed by atoms with Crippen molar-refractivity contribution >= 4 is 17.8 Å². The van der Waals surface area contributed by atoms with E-state index in [2.05, 4.69) is 15.3 Å². The number of benzene rings is 1. The van der Waals surface area contributed by atoms with Gasteiger partial charge in [0.15, 0.2) is 11.5 Å². The number of hydrogen-bond acceptors (Lipinski definition) is 5. The number of halogens is 1. The molecule has 0 fully saturated rings. The molecular formula is C10H7ClN4O2. The second kappa shape index (κ2) is 4.06. The molecule has 0 aliphatic carbocycles. The number of ether oxygens (including phenoxy) is 2. The summed E-state index contributed by atoms with van der Waals surface area (Å²) in [5.74, 6) is 1.32. The van der Waals surface area contributed by atoms with E-state index in [1.54, 1.807) is 18.3 Å². The largest absolute Gasteiger partial charge is 0.454 e. The zero-order chi connectivity index (χ0) is 11.7. The summed E-state index contributed by atoms with van der Waals surface area (Å²) in [6.07, 6.45) is 4.57. The van der Waals surface area contributed by atoms with Crippen molar-refractivity contribution in [2.24, 2.45) is 5.10 Å². The molecule has 1 aromatic heterocycles. The first kappa shape index (κ1) is 10.1. The lowest BCUT2D eigenvalue weighted by molar-refractivity contribution is 0.174. The van der Waals surface area contributed by atoms with Crippen LogP contribution >= 0.6 is 11.6 Å². The molecule has 0 atom stereocenters. The predicted octanol–water partition coefficient (Wildman–Crippen LogP) is 1.54. The average Bonchev–Trinajstić information content (AvgIpc) is 2.95. The number of aromatic nitrogens is 3. The third kappa shape index (κ3) is 1.94. The third-order valence-electron chi connectivity index (χ3n) is 2.23. The van der Waals surface area contributed by atoms with Crippen LogP contribution in [0, 0.1) is 0 Å². The standard InChI is InChI=1S/C10H7ClN4O2/c11-8-2-10-9(16-6-17-10)1-7(8)3-14-15-4-12-13-5-15/h1-5H,6H2/b14-3+. The molecule has 0 bridgehead atoms. The highest BCUT2D eigenvalue weighted by Gasteiger charge is 2.15. The van der Waals surface area contributed by atoms with E-state index in [0.29, 0.717) is 16.5 Å². The molecule has 3 rings (SSSR count). The Bertz CT molecular complexity index is 568. The second-order valence-corrected chi connectivity index (χ2v) is 3.72. The van der Waals surface area contributed by atoms with Crippen LogP contribution in [0.25, 0.3) is 0 Å². The topological polar surface area (TPSA) is 61.5 Å². The van der Waals surface area contributed by atoms with E-state index < -0.39 is 0 Å². The van der Waals surface area contributed by atoms with Gasteiger partial charge in [-0.2, -0.15) is 5.10 Å². The van der Waals surface area contributed by atoms with Gasteiger partial charge in [-0.05, 0) is 6.07 Å². The quantitative estimate of drug-likeness (QED) is 0.759. The van der Waals surface area contributed by atoms with E-state index in [0.717, 1.165) is 5.56 Å². The Hall–Kier alpha value is -2.08. The summed E-state index contributed by atoms with van der Waals surface area (Å²) >= 11 is 6.08. The lowest BCUT2D eigenvalue weighted by Crippen LogP contribution is -1.93. The molecule has 1 aliphatic rings. The molecule has 1 aliphatic heterocycles. The Labute approximate surface area is 101 Å². The van der Waals surface area contributed by atoms with Crippen LogP contribution in [0.2, 0.25) is 5.02 Å². The van der Waals surface area contributed by atoms with E-state index in [1.807, 2.05) is 0 Å². The lowest BCUT2D eigenvalue weighted by atomic mass is 10.2. The van der Waals surface area contributed by atoms with Crippen LogP contribution in [0.5, 0.6) is 11.5 Å². The van der Waals surface area contributed by atoms with Gasteiger partial charge in [0.2, 0.25) is 6.79 Å². The molecule has 1 aromatic carbocycles. The fourth-order valence-electron chi connectivity index (χ4n) is 1.42. The minimum absolute atomic E-state index is 0.220. The number of hydrogen-bond donors (Lipinski definition) is 0. The van der Waals surface area contributed by atoms with Gasteiger partial charge >= 0.3 is 0 Å². The van der Waals surface area contributed by atoms with Crippen molar-refractivity contribution in [2.45, 2.75) is 0 Å². The Morgan fingerprint density at radius 2 is 1.94 bits per heavy atom. The Morgan fingerprint density at radius 3 is 2.71 bits per heavy atom. The maximum absolute atomic E-state index is 6.08. The SMILES string of the molecule is Clc1cc2c(cc1/C=N/n1cnnc1)OCO2. The monoisotopic (exact) mass is 250 g/mol. The molecule has 0 radical (unpaired) electrons. The van der Waals surface area contributed by atoms with Crippen LogP contribution in [0.15, 0.2) is 29.9 Å². The molecule has 7 heteroatoms.